The van der Waals surface area contributed by atoms with Crippen LogP contribution in [0.5, 0.6) is 0 Å². The number of halogens is 3. The fraction of sp³-hybridized carbons (Fsp3) is 0. The first-order valence-electron chi connectivity index (χ1n) is 4.95. The topological polar surface area (TPSA) is 42.0 Å². The molecule has 2 rings (SSSR count). The molecule has 0 radical (unpaired) electrons. The Morgan fingerprint density at radius 3 is 2.83 bits per heavy atom. The van der Waals surface area contributed by atoms with Crippen molar-refractivity contribution in [2.45, 2.75) is 0 Å². The summed E-state index contributed by atoms with van der Waals surface area (Å²) in [4.78, 5) is 15.8. The highest BCUT2D eigenvalue weighted by Crippen LogP contribution is 2.23. The van der Waals surface area contributed by atoms with Gasteiger partial charge in [0.2, 0.25) is 0 Å². The summed E-state index contributed by atoms with van der Waals surface area (Å²) in [5.41, 5.74) is 0.196. The van der Waals surface area contributed by atoms with Gasteiger partial charge < -0.3 is 5.32 Å². The van der Waals surface area contributed by atoms with E-state index in [1.165, 1.54) is 18.3 Å². The molecule has 0 spiro atoms. The van der Waals surface area contributed by atoms with Crippen LogP contribution in [0.4, 0.5) is 10.1 Å². The molecule has 0 aliphatic carbocycles. The molecule has 92 valence electrons. The van der Waals surface area contributed by atoms with Crippen molar-refractivity contribution in [1.82, 2.24) is 4.98 Å². The smallest absolute Gasteiger partial charge is 0.275 e. The standard InChI is InChI=1S/C12H7BrClFN2O/c13-7-3-2-6-16-11(7)12(18)17-9-5-1-4-8(14)10(9)15/h1-6H,(H,17,18). The molecule has 0 saturated heterocycles. The number of benzene rings is 1. The molecule has 1 amide bonds. The third-order valence-electron chi connectivity index (χ3n) is 2.17. The average molecular weight is 330 g/mol. The van der Waals surface area contributed by atoms with Crippen molar-refractivity contribution in [3.05, 3.63) is 57.5 Å². The minimum absolute atomic E-state index is 0.0186. The van der Waals surface area contributed by atoms with Crippen molar-refractivity contribution in [2.24, 2.45) is 0 Å². The van der Waals surface area contributed by atoms with Gasteiger partial charge in [-0.25, -0.2) is 9.37 Å². The van der Waals surface area contributed by atoms with Crippen LogP contribution in [0.3, 0.4) is 0 Å². The molecule has 0 fully saturated rings. The number of nitrogens with one attached hydrogen (secondary N) is 1. The number of carbonyl (C=O) groups is 1. The van der Waals surface area contributed by atoms with Gasteiger partial charge in [0.15, 0.2) is 5.82 Å². The molecular weight excluding hydrogens is 322 g/mol. The van der Waals surface area contributed by atoms with E-state index in [0.717, 1.165) is 0 Å². The van der Waals surface area contributed by atoms with Gasteiger partial charge in [0, 0.05) is 10.7 Å². The average Bonchev–Trinajstić information content (AvgIpc) is 2.35. The summed E-state index contributed by atoms with van der Waals surface area (Å²) < 4.78 is 14.1. The molecular formula is C12H7BrClFN2O. The van der Waals surface area contributed by atoms with Crippen LogP contribution in [0.2, 0.25) is 5.02 Å². The highest BCUT2D eigenvalue weighted by atomic mass is 79.9. The van der Waals surface area contributed by atoms with Gasteiger partial charge in [-0.2, -0.15) is 0 Å². The molecule has 2 aromatic rings. The third-order valence-corrected chi connectivity index (χ3v) is 3.11. The van der Waals surface area contributed by atoms with Gasteiger partial charge in [-0.05, 0) is 40.2 Å². The summed E-state index contributed by atoms with van der Waals surface area (Å²) in [6.07, 6.45) is 1.48. The maximum atomic E-state index is 13.6. The Kier molecular flexibility index (Phi) is 3.93. The third kappa shape index (κ3) is 2.68. The molecule has 0 bridgehead atoms. The Morgan fingerprint density at radius 2 is 2.11 bits per heavy atom. The maximum Gasteiger partial charge on any atom is 0.275 e. The Balaban J connectivity index is 2.27. The molecule has 18 heavy (non-hydrogen) atoms. The van der Waals surface area contributed by atoms with E-state index < -0.39 is 11.7 Å². The molecule has 0 atom stereocenters. The molecule has 1 aromatic carbocycles. The van der Waals surface area contributed by atoms with Crippen LogP contribution in [0, 0.1) is 5.82 Å². The number of nitrogens with zero attached hydrogens (tertiary/aromatic N) is 1. The zero-order chi connectivity index (χ0) is 13.1. The minimum Gasteiger partial charge on any atom is -0.318 e. The molecule has 3 nitrogen and oxygen atoms in total. The fourth-order valence-corrected chi connectivity index (χ4v) is 1.94. The number of hydrogen-bond acceptors (Lipinski definition) is 2. The molecule has 1 heterocycles. The maximum absolute atomic E-state index is 13.6. The second-order valence-electron chi connectivity index (χ2n) is 3.39. The molecule has 0 unspecified atom stereocenters. The van der Waals surface area contributed by atoms with Crippen LogP contribution in [0.15, 0.2) is 41.0 Å². The number of rotatable bonds is 2. The first kappa shape index (κ1) is 13.0. The minimum atomic E-state index is -0.667. The van der Waals surface area contributed by atoms with Crippen molar-refractivity contribution in [3.63, 3.8) is 0 Å². The van der Waals surface area contributed by atoms with Crippen molar-refractivity contribution >= 4 is 39.1 Å². The number of aromatic nitrogens is 1. The van der Waals surface area contributed by atoms with Gasteiger partial charge in [0.1, 0.15) is 5.69 Å². The fourth-order valence-electron chi connectivity index (χ4n) is 1.33. The molecule has 1 N–H and O–H groups in total. The Morgan fingerprint density at radius 1 is 1.33 bits per heavy atom. The second kappa shape index (κ2) is 5.46. The van der Waals surface area contributed by atoms with Gasteiger partial charge >= 0.3 is 0 Å². The van der Waals surface area contributed by atoms with Crippen LogP contribution in [-0.4, -0.2) is 10.9 Å². The zero-order valence-corrected chi connectivity index (χ0v) is 11.3. The van der Waals surface area contributed by atoms with Crippen molar-refractivity contribution in [1.29, 1.82) is 0 Å². The summed E-state index contributed by atoms with van der Waals surface area (Å²) in [5.74, 6) is -1.18. The number of carbonyl (C=O) groups excluding carboxylic acids is 1. The van der Waals surface area contributed by atoms with E-state index in [0.29, 0.717) is 4.47 Å². The van der Waals surface area contributed by atoms with E-state index in [9.17, 15) is 9.18 Å². The number of pyridine rings is 1. The largest absolute Gasteiger partial charge is 0.318 e. The quantitative estimate of drug-likeness (QED) is 0.908. The number of anilines is 1. The van der Waals surface area contributed by atoms with Gasteiger partial charge in [-0.15, -0.1) is 0 Å². The molecule has 1 aromatic heterocycles. The first-order valence-corrected chi connectivity index (χ1v) is 6.12. The van der Waals surface area contributed by atoms with E-state index >= 15 is 0 Å². The normalized spacial score (nSPS) is 10.2. The van der Waals surface area contributed by atoms with E-state index in [1.807, 2.05) is 0 Å². The Labute approximate surface area is 116 Å². The molecule has 6 heteroatoms. The number of hydrogen-bond donors (Lipinski definition) is 1. The monoisotopic (exact) mass is 328 g/mol. The lowest BCUT2D eigenvalue weighted by molar-refractivity contribution is 0.102. The highest BCUT2D eigenvalue weighted by Gasteiger charge is 2.14. The summed E-state index contributed by atoms with van der Waals surface area (Å²) in [6, 6.07) is 7.74. The Hall–Kier alpha value is -1.46. The summed E-state index contributed by atoms with van der Waals surface area (Å²) >= 11 is 8.82. The van der Waals surface area contributed by atoms with Crippen molar-refractivity contribution in [2.75, 3.05) is 5.32 Å². The lowest BCUT2D eigenvalue weighted by Gasteiger charge is -2.07. The van der Waals surface area contributed by atoms with Gasteiger partial charge in [-0.3, -0.25) is 4.79 Å². The lowest BCUT2D eigenvalue weighted by atomic mass is 10.3. The van der Waals surface area contributed by atoms with Crippen LogP contribution in [-0.2, 0) is 0 Å². The van der Waals surface area contributed by atoms with E-state index in [4.69, 9.17) is 11.6 Å². The SMILES string of the molecule is O=C(Nc1cccc(Cl)c1F)c1ncccc1Br. The van der Waals surface area contributed by atoms with Gasteiger partial charge in [-0.1, -0.05) is 17.7 Å². The molecule has 0 aliphatic heterocycles. The highest BCUT2D eigenvalue weighted by molar-refractivity contribution is 9.10. The second-order valence-corrected chi connectivity index (χ2v) is 4.65. The van der Waals surface area contributed by atoms with E-state index in [-0.39, 0.29) is 16.4 Å². The zero-order valence-electron chi connectivity index (χ0n) is 8.95. The van der Waals surface area contributed by atoms with Crippen LogP contribution in [0.25, 0.3) is 0 Å². The van der Waals surface area contributed by atoms with Gasteiger partial charge in [0.05, 0.1) is 10.7 Å². The van der Waals surface area contributed by atoms with Crippen LogP contribution >= 0.6 is 27.5 Å². The van der Waals surface area contributed by atoms with E-state index in [1.54, 1.807) is 18.2 Å². The van der Waals surface area contributed by atoms with E-state index in [2.05, 4.69) is 26.2 Å². The first-order chi connectivity index (χ1) is 8.59. The number of amides is 1. The summed E-state index contributed by atoms with van der Waals surface area (Å²) in [5, 5.41) is 2.37. The predicted octanol–water partition coefficient (Wildman–Crippen LogP) is 3.89. The molecule has 0 aliphatic rings. The van der Waals surface area contributed by atoms with Gasteiger partial charge in [0.25, 0.3) is 5.91 Å². The van der Waals surface area contributed by atoms with Crippen molar-refractivity contribution < 1.29 is 9.18 Å². The summed E-state index contributed by atoms with van der Waals surface area (Å²) in [6.45, 7) is 0. The van der Waals surface area contributed by atoms with Crippen LogP contribution < -0.4 is 5.32 Å². The van der Waals surface area contributed by atoms with Crippen LogP contribution in [0.1, 0.15) is 10.5 Å². The predicted molar refractivity (Wildman–Crippen MR) is 71.3 cm³/mol. The Bertz CT molecular complexity index is 606. The summed E-state index contributed by atoms with van der Waals surface area (Å²) in [7, 11) is 0. The van der Waals surface area contributed by atoms with Crippen molar-refractivity contribution in [3.8, 4) is 0 Å². The molecule has 0 saturated carbocycles. The lowest BCUT2D eigenvalue weighted by Crippen LogP contribution is -2.15.